The summed E-state index contributed by atoms with van der Waals surface area (Å²) in [6.45, 7) is 11.7. The van der Waals surface area contributed by atoms with E-state index in [2.05, 4.69) is 27.4 Å². The van der Waals surface area contributed by atoms with Crippen molar-refractivity contribution < 1.29 is 4.74 Å². The molecule has 0 radical (unpaired) electrons. The Labute approximate surface area is 101 Å². The van der Waals surface area contributed by atoms with Crippen LogP contribution in [0.1, 0.15) is 52.9 Å². The zero-order chi connectivity index (χ0) is 12.0. The molecule has 0 aromatic rings. The van der Waals surface area contributed by atoms with Crippen molar-refractivity contribution in [1.29, 1.82) is 0 Å². The summed E-state index contributed by atoms with van der Waals surface area (Å²) in [5.41, 5.74) is 0. The molecule has 0 heterocycles. The molecule has 0 unspecified atom stereocenters. The van der Waals surface area contributed by atoms with Crippen molar-refractivity contribution >= 4 is 0 Å². The molecule has 94 valence electrons. The molecule has 0 saturated heterocycles. The summed E-state index contributed by atoms with van der Waals surface area (Å²) in [4.78, 5) is 0. The lowest BCUT2D eigenvalue weighted by Crippen LogP contribution is -2.34. The van der Waals surface area contributed by atoms with E-state index < -0.39 is 0 Å². The predicted octanol–water partition coefficient (Wildman–Crippen LogP) is 4.43. The third-order valence-corrected chi connectivity index (χ3v) is 3.85. The molecule has 1 heteroatoms. The highest BCUT2D eigenvalue weighted by Gasteiger charge is 2.30. The van der Waals surface area contributed by atoms with E-state index in [1.54, 1.807) is 0 Å². The molecule has 1 saturated carbocycles. The minimum atomic E-state index is 0.508. The minimum absolute atomic E-state index is 0.508. The third kappa shape index (κ3) is 4.29. The maximum Gasteiger partial charge on any atom is 0.0608 e. The van der Waals surface area contributed by atoms with E-state index >= 15 is 0 Å². The Morgan fingerprint density at radius 2 is 2.12 bits per heavy atom. The van der Waals surface area contributed by atoms with Crippen molar-refractivity contribution in [3.63, 3.8) is 0 Å². The first kappa shape index (κ1) is 13.8. The van der Waals surface area contributed by atoms with E-state index in [4.69, 9.17) is 4.74 Å². The second-order valence-corrected chi connectivity index (χ2v) is 5.67. The molecule has 0 amide bonds. The van der Waals surface area contributed by atoms with Gasteiger partial charge in [-0.2, -0.15) is 0 Å². The smallest absolute Gasteiger partial charge is 0.0608 e. The fourth-order valence-electron chi connectivity index (χ4n) is 2.77. The van der Waals surface area contributed by atoms with Crippen LogP contribution in [0.3, 0.4) is 0 Å². The Morgan fingerprint density at radius 1 is 1.38 bits per heavy atom. The molecule has 1 aliphatic carbocycles. The molecule has 0 aliphatic heterocycles. The normalized spacial score (nSPS) is 30.6. The van der Waals surface area contributed by atoms with Gasteiger partial charge in [-0.3, -0.25) is 0 Å². The maximum atomic E-state index is 6.08. The second kappa shape index (κ2) is 7.11. The van der Waals surface area contributed by atoms with Gasteiger partial charge >= 0.3 is 0 Å². The number of rotatable bonds is 6. The van der Waals surface area contributed by atoms with Crippen molar-refractivity contribution in [3.05, 3.63) is 12.7 Å². The van der Waals surface area contributed by atoms with Crippen LogP contribution in [0.25, 0.3) is 0 Å². The van der Waals surface area contributed by atoms with Gasteiger partial charge in [-0.15, -0.1) is 6.58 Å². The molecular weight excluding hydrogens is 196 g/mol. The van der Waals surface area contributed by atoms with Gasteiger partial charge in [0.2, 0.25) is 0 Å². The number of hydrogen-bond acceptors (Lipinski definition) is 1. The molecule has 1 fully saturated rings. The van der Waals surface area contributed by atoms with Gasteiger partial charge in [0, 0.05) is 6.61 Å². The first-order chi connectivity index (χ1) is 7.65. The van der Waals surface area contributed by atoms with Gasteiger partial charge < -0.3 is 4.74 Å². The molecule has 0 spiro atoms. The van der Waals surface area contributed by atoms with Gasteiger partial charge in [-0.1, -0.05) is 33.3 Å². The molecule has 0 aromatic carbocycles. The maximum absolute atomic E-state index is 6.08. The molecule has 1 rings (SSSR count). The van der Waals surface area contributed by atoms with Gasteiger partial charge in [0.05, 0.1) is 6.10 Å². The fraction of sp³-hybridized carbons (Fsp3) is 0.867. The lowest BCUT2D eigenvalue weighted by Gasteiger charge is -2.37. The van der Waals surface area contributed by atoms with Gasteiger partial charge in [-0.25, -0.2) is 0 Å². The van der Waals surface area contributed by atoms with Crippen LogP contribution >= 0.6 is 0 Å². The fourth-order valence-corrected chi connectivity index (χ4v) is 2.77. The van der Waals surface area contributed by atoms with Crippen LogP contribution < -0.4 is 0 Å². The molecule has 1 aliphatic rings. The van der Waals surface area contributed by atoms with Crippen LogP contribution in [0, 0.1) is 17.8 Å². The van der Waals surface area contributed by atoms with Gasteiger partial charge in [-0.05, 0) is 43.4 Å². The lowest BCUT2D eigenvalue weighted by molar-refractivity contribution is -0.0387. The minimum Gasteiger partial charge on any atom is -0.378 e. The number of unbranched alkanes of at least 4 members (excludes halogenated alkanes) is 1. The number of ether oxygens (including phenoxy) is 1. The average molecular weight is 224 g/mol. The Bertz CT molecular complexity index is 198. The average Bonchev–Trinajstić information content (AvgIpc) is 2.24. The zero-order valence-electron chi connectivity index (χ0n) is 11.2. The van der Waals surface area contributed by atoms with Gasteiger partial charge in [0.1, 0.15) is 0 Å². The van der Waals surface area contributed by atoms with E-state index in [-0.39, 0.29) is 0 Å². The Hall–Kier alpha value is -0.300. The summed E-state index contributed by atoms with van der Waals surface area (Å²) in [7, 11) is 0. The first-order valence-electron chi connectivity index (χ1n) is 6.87. The highest BCUT2D eigenvalue weighted by Crippen LogP contribution is 2.35. The molecule has 3 atom stereocenters. The van der Waals surface area contributed by atoms with Crippen molar-refractivity contribution in [2.75, 3.05) is 6.61 Å². The SMILES string of the molecule is C=CCCCO[C@@H]1C[C@H](C)CC[C@H]1C(C)C. The Morgan fingerprint density at radius 3 is 2.75 bits per heavy atom. The van der Waals surface area contributed by atoms with E-state index in [0.717, 1.165) is 37.2 Å². The van der Waals surface area contributed by atoms with Crippen LogP contribution in [0.5, 0.6) is 0 Å². The van der Waals surface area contributed by atoms with Crippen molar-refractivity contribution in [3.8, 4) is 0 Å². The third-order valence-electron chi connectivity index (χ3n) is 3.85. The number of allylic oxidation sites excluding steroid dienone is 1. The summed E-state index contributed by atoms with van der Waals surface area (Å²) < 4.78 is 6.08. The highest BCUT2D eigenvalue weighted by atomic mass is 16.5. The summed E-state index contributed by atoms with van der Waals surface area (Å²) in [6, 6.07) is 0. The summed E-state index contributed by atoms with van der Waals surface area (Å²) in [5.74, 6) is 2.39. The monoisotopic (exact) mass is 224 g/mol. The van der Waals surface area contributed by atoms with Crippen molar-refractivity contribution in [1.82, 2.24) is 0 Å². The zero-order valence-corrected chi connectivity index (χ0v) is 11.2. The topological polar surface area (TPSA) is 9.23 Å². The quantitative estimate of drug-likeness (QED) is 0.479. The number of hydrogen-bond donors (Lipinski definition) is 0. The van der Waals surface area contributed by atoms with Crippen LogP contribution in [0.2, 0.25) is 0 Å². The summed E-state index contributed by atoms with van der Waals surface area (Å²) in [5, 5.41) is 0. The van der Waals surface area contributed by atoms with E-state index in [0.29, 0.717) is 6.10 Å². The Balaban J connectivity index is 2.35. The first-order valence-corrected chi connectivity index (χ1v) is 6.87. The van der Waals surface area contributed by atoms with Crippen LogP contribution in [-0.4, -0.2) is 12.7 Å². The summed E-state index contributed by atoms with van der Waals surface area (Å²) in [6.07, 6.45) is 8.69. The van der Waals surface area contributed by atoms with E-state index in [9.17, 15) is 0 Å². The van der Waals surface area contributed by atoms with E-state index in [1.807, 2.05) is 6.08 Å². The van der Waals surface area contributed by atoms with Gasteiger partial charge in [0.25, 0.3) is 0 Å². The van der Waals surface area contributed by atoms with Gasteiger partial charge in [0.15, 0.2) is 0 Å². The Kier molecular flexibility index (Phi) is 6.12. The second-order valence-electron chi connectivity index (χ2n) is 5.67. The molecule has 16 heavy (non-hydrogen) atoms. The standard InChI is InChI=1S/C15H28O/c1-5-6-7-10-16-15-11-13(4)8-9-14(15)12(2)3/h5,12-15H,1,6-11H2,2-4H3/t13-,14+,15-/m1/s1. The van der Waals surface area contributed by atoms with Crippen LogP contribution in [-0.2, 0) is 4.74 Å². The molecular formula is C15H28O. The summed E-state index contributed by atoms with van der Waals surface area (Å²) >= 11 is 0. The lowest BCUT2D eigenvalue weighted by atomic mass is 9.75. The van der Waals surface area contributed by atoms with Crippen LogP contribution in [0.4, 0.5) is 0 Å². The predicted molar refractivity (Wildman–Crippen MR) is 70.5 cm³/mol. The molecule has 1 nitrogen and oxygen atoms in total. The van der Waals surface area contributed by atoms with E-state index in [1.165, 1.54) is 19.3 Å². The largest absolute Gasteiger partial charge is 0.378 e. The molecule has 0 bridgehead atoms. The highest BCUT2D eigenvalue weighted by molar-refractivity contribution is 4.81. The van der Waals surface area contributed by atoms with Crippen molar-refractivity contribution in [2.45, 2.75) is 59.0 Å². The van der Waals surface area contributed by atoms with Crippen molar-refractivity contribution in [2.24, 2.45) is 17.8 Å². The molecule has 0 aromatic heterocycles. The van der Waals surface area contributed by atoms with Crippen LogP contribution in [0.15, 0.2) is 12.7 Å². The molecule has 0 N–H and O–H groups in total.